The van der Waals surface area contributed by atoms with Crippen LogP contribution in [0, 0.1) is 0 Å². The van der Waals surface area contributed by atoms with Crippen molar-refractivity contribution in [2.45, 2.75) is 12.1 Å². The fraction of sp³-hybridized carbons (Fsp3) is 1.00. The largest absolute Gasteiger partial charge is 0.390 e. The highest BCUT2D eigenvalue weighted by atomic mass is 32.2. The van der Waals surface area contributed by atoms with Crippen LogP contribution in [0.1, 0.15) is 0 Å². The first-order valence-corrected chi connectivity index (χ1v) is 6.52. The monoisotopic (exact) mass is 222 g/mol. The number of rotatable bonds is 4. The normalized spacial score (nSPS) is 31.1. The Morgan fingerprint density at radius 2 is 2.14 bits per heavy atom. The van der Waals surface area contributed by atoms with Crippen molar-refractivity contribution in [2.24, 2.45) is 0 Å². The van der Waals surface area contributed by atoms with Crippen LogP contribution in [-0.4, -0.2) is 69.3 Å². The third-order valence-electron chi connectivity index (χ3n) is 2.57. The summed E-state index contributed by atoms with van der Waals surface area (Å²) in [7, 11) is 0.655. The van der Waals surface area contributed by atoms with E-state index in [-0.39, 0.29) is 17.5 Å². The predicted octanol–water partition coefficient (Wildman–Crippen LogP) is -1.70. The topological polar surface area (TPSA) is 69.6 Å². The Labute approximate surface area is 85.0 Å². The molecule has 14 heavy (non-hydrogen) atoms. The molecule has 5 nitrogen and oxygen atoms in total. The smallest absolute Gasteiger partial charge is 0.154 e. The van der Waals surface area contributed by atoms with Gasteiger partial charge in [-0.3, -0.25) is 4.90 Å². The summed E-state index contributed by atoms with van der Waals surface area (Å²) < 4.78 is 22.5. The molecule has 1 aliphatic rings. The summed E-state index contributed by atoms with van der Waals surface area (Å²) in [5.41, 5.74) is 0. The van der Waals surface area contributed by atoms with Gasteiger partial charge in [-0.15, -0.1) is 0 Å². The van der Waals surface area contributed by atoms with Crippen LogP contribution in [0.3, 0.4) is 0 Å². The van der Waals surface area contributed by atoms with Gasteiger partial charge in [0, 0.05) is 13.1 Å². The van der Waals surface area contributed by atoms with Gasteiger partial charge in [0.1, 0.15) is 0 Å². The number of hydrogen-bond donors (Lipinski definition) is 2. The predicted molar refractivity (Wildman–Crippen MR) is 55.0 cm³/mol. The lowest BCUT2D eigenvalue weighted by atomic mass is 10.2. The lowest BCUT2D eigenvalue weighted by Crippen LogP contribution is -2.43. The first kappa shape index (κ1) is 11.9. The van der Waals surface area contributed by atoms with Gasteiger partial charge in [-0.25, -0.2) is 8.42 Å². The maximum absolute atomic E-state index is 11.2. The molecule has 2 N–H and O–H groups in total. The van der Waals surface area contributed by atoms with Gasteiger partial charge in [0.15, 0.2) is 9.84 Å². The Morgan fingerprint density at radius 3 is 2.57 bits per heavy atom. The van der Waals surface area contributed by atoms with E-state index in [1.54, 1.807) is 0 Å². The second-order valence-electron chi connectivity index (χ2n) is 3.80. The van der Waals surface area contributed by atoms with Crippen molar-refractivity contribution in [3.63, 3.8) is 0 Å². The molecule has 0 aromatic rings. The summed E-state index contributed by atoms with van der Waals surface area (Å²) in [5.74, 6) is -0.0179. The van der Waals surface area contributed by atoms with Gasteiger partial charge in [-0.05, 0) is 14.1 Å². The molecular formula is C8H18N2O3S. The summed E-state index contributed by atoms with van der Waals surface area (Å²) in [6.45, 7) is 1.54. The van der Waals surface area contributed by atoms with Crippen LogP contribution in [0.5, 0.6) is 0 Å². The molecule has 2 atom stereocenters. The van der Waals surface area contributed by atoms with E-state index in [1.807, 2.05) is 19.0 Å². The van der Waals surface area contributed by atoms with E-state index in [4.69, 9.17) is 0 Å². The molecule has 0 aromatic carbocycles. The molecule has 0 aliphatic carbocycles. The van der Waals surface area contributed by atoms with Crippen LogP contribution in [0.2, 0.25) is 0 Å². The molecule has 0 aromatic heterocycles. The Balaban J connectivity index is 2.52. The molecule has 0 radical (unpaired) electrons. The lowest BCUT2D eigenvalue weighted by Gasteiger charge is -2.25. The van der Waals surface area contributed by atoms with Crippen LogP contribution >= 0.6 is 0 Å². The third-order valence-corrected chi connectivity index (χ3v) is 4.27. The number of aliphatic hydroxyl groups is 1. The molecule has 0 bridgehead atoms. The van der Waals surface area contributed by atoms with E-state index in [1.165, 1.54) is 0 Å². The van der Waals surface area contributed by atoms with Crippen molar-refractivity contribution in [1.82, 2.24) is 10.2 Å². The molecule has 0 saturated carbocycles. The van der Waals surface area contributed by atoms with Crippen LogP contribution < -0.4 is 5.32 Å². The average Bonchev–Trinajstić information content (AvgIpc) is 2.35. The Bertz CT molecular complexity index is 278. The molecule has 84 valence electrons. The minimum absolute atomic E-state index is 0.0778. The first-order chi connectivity index (χ1) is 6.46. The second kappa shape index (κ2) is 4.57. The van der Waals surface area contributed by atoms with E-state index >= 15 is 0 Å². The summed E-state index contributed by atoms with van der Waals surface area (Å²) in [6.07, 6.45) is -0.734. The zero-order valence-corrected chi connectivity index (χ0v) is 9.42. The van der Waals surface area contributed by atoms with Crippen molar-refractivity contribution in [3.8, 4) is 0 Å². The Hall–Kier alpha value is -0.170. The number of sulfone groups is 1. The summed E-state index contributed by atoms with van der Waals surface area (Å²) >= 11 is 0. The molecule has 1 aliphatic heterocycles. The first-order valence-electron chi connectivity index (χ1n) is 4.69. The van der Waals surface area contributed by atoms with Gasteiger partial charge >= 0.3 is 0 Å². The van der Waals surface area contributed by atoms with E-state index in [2.05, 4.69) is 5.32 Å². The minimum Gasteiger partial charge on any atom is -0.390 e. The number of nitrogens with zero attached hydrogens (tertiary/aromatic N) is 1. The SMILES string of the molecule is CNCCN(C)[C@@H]1CS(=O)(=O)C[C@H]1O. The molecular weight excluding hydrogens is 204 g/mol. The summed E-state index contributed by atoms with van der Waals surface area (Å²) in [4.78, 5) is 1.89. The zero-order chi connectivity index (χ0) is 10.8. The Morgan fingerprint density at radius 1 is 1.50 bits per heavy atom. The zero-order valence-electron chi connectivity index (χ0n) is 8.60. The highest BCUT2D eigenvalue weighted by Gasteiger charge is 2.38. The molecule has 1 saturated heterocycles. The number of likely N-dealkylation sites (N-methyl/N-ethyl adjacent to an activating group) is 2. The van der Waals surface area contributed by atoms with Gasteiger partial charge in [-0.1, -0.05) is 0 Å². The number of aliphatic hydroxyl groups excluding tert-OH is 1. The van der Waals surface area contributed by atoms with Gasteiger partial charge in [-0.2, -0.15) is 0 Å². The van der Waals surface area contributed by atoms with Crippen molar-refractivity contribution < 1.29 is 13.5 Å². The number of nitrogens with one attached hydrogen (secondary N) is 1. The summed E-state index contributed by atoms with van der Waals surface area (Å²) in [6, 6.07) is -0.242. The summed E-state index contributed by atoms with van der Waals surface area (Å²) in [5, 5.41) is 12.5. The highest BCUT2D eigenvalue weighted by Crippen LogP contribution is 2.16. The molecule has 0 amide bonds. The third kappa shape index (κ3) is 2.91. The van der Waals surface area contributed by atoms with Crippen LogP contribution in [0.15, 0.2) is 0 Å². The molecule has 0 unspecified atom stereocenters. The number of hydrogen-bond acceptors (Lipinski definition) is 5. The van der Waals surface area contributed by atoms with E-state index < -0.39 is 15.9 Å². The van der Waals surface area contributed by atoms with Crippen molar-refractivity contribution in [3.05, 3.63) is 0 Å². The van der Waals surface area contributed by atoms with Crippen LogP contribution in [-0.2, 0) is 9.84 Å². The van der Waals surface area contributed by atoms with Crippen molar-refractivity contribution in [1.29, 1.82) is 0 Å². The Kier molecular flexibility index (Phi) is 3.88. The second-order valence-corrected chi connectivity index (χ2v) is 5.95. The van der Waals surface area contributed by atoms with E-state index in [9.17, 15) is 13.5 Å². The lowest BCUT2D eigenvalue weighted by molar-refractivity contribution is 0.101. The minimum atomic E-state index is -3.03. The van der Waals surface area contributed by atoms with Gasteiger partial charge in [0.2, 0.25) is 0 Å². The molecule has 1 heterocycles. The van der Waals surface area contributed by atoms with E-state index in [0.29, 0.717) is 0 Å². The van der Waals surface area contributed by atoms with Crippen LogP contribution in [0.4, 0.5) is 0 Å². The molecule has 1 fully saturated rings. The van der Waals surface area contributed by atoms with Gasteiger partial charge in [0.25, 0.3) is 0 Å². The van der Waals surface area contributed by atoms with Gasteiger partial charge < -0.3 is 10.4 Å². The van der Waals surface area contributed by atoms with Crippen molar-refractivity contribution in [2.75, 3.05) is 38.7 Å². The maximum Gasteiger partial charge on any atom is 0.154 e. The van der Waals surface area contributed by atoms with Crippen LogP contribution in [0.25, 0.3) is 0 Å². The maximum atomic E-state index is 11.2. The molecule has 1 rings (SSSR count). The highest BCUT2D eigenvalue weighted by molar-refractivity contribution is 7.91. The molecule has 6 heteroatoms. The van der Waals surface area contributed by atoms with E-state index in [0.717, 1.165) is 13.1 Å². The van der Waals surface area contributed by atoms with Crippen molar-refractivity contribution >= 4 is 9.84 Å². The quantitative estimate of drug-likeness (QED) is 0.593. The van der Waals surface area contributed by atoms with Gasteiger partial charge in [0.05, 0.1) is 23.7 Å². The average molecular weight is 222 g/mol. The fourth-order valence-electron chi connectivity index (χ4n) is 1.69. The standard InChI is InChI=1S/C8H18N2O3S/c1-9-3-4-10(2)7-5-14(12,13)6-8(7)11/h7-9,11H,3-6H2,1-2H3/t7-,8-/m1/s1. The fourth-order valence-corrected chi connectivity index (χ4v) is 3.56. The molecule has 0 spiro atoms.